The van der Waals surface area contributed by atoms with E-state index < -0.39 is 11.8 Å². The van der Waals surface area contributed by atoms with Crippen LogP contribution in [0.15, 0.2) is 78.9 Å². The van der Waals surface area contributed by atoms with Gasteiger partial charge in [-0.3, -0.25) is 0 Å². The molecule has 0 heterocycles. The smallest absolute Gasteiger partial charge is 0.0998 e. The Bertz CT molecular complexity index is 943. The highest BCUT2D eigenvalue weighted by atomic mass is 14.3. The normalized spacial score (nSPS) is 12.2. The number of nitriles is 3. The largest absolute Gasteiger partial charge is 0.197 e. The molecule has 0 N–H and O–H groups in total. The fraction of sp³-hybridized carbons (Fsp3) is 0.0870. The van der Waals surface area contributed by atoms with Gasteiger partial charge in [0.25, 0.3) is 0 Å². The molecule has 0 aliphatic carbocycles. The molecule has 0 radical (unpaired) electrons. The first-order valence-corrected chi connectivity index (χ1v) is 8.22. The molecule has 0 aliphatic heterocycles. The van der Waals surface area contributed by atoms with Crippen molar-refractivity contribution in [2.75, 3.05) is 0 Å². The van der Waals surface area contributed by atoms with Crippen molar-refractivity contribution < 1.29 is 0 Å². The van der Waals surface area contributed by atoms with E-state index in [1.54, 1.807) is 12.1 Å². The van der Waals surface area contributed by atoms with Gasteiger partial charge in [0.2, 0.25) is 0 Å². The molecule has 0 saturated heterocycles. The molecule has 2 atom stereocenters. The molecule has 0 bridgehead atoms. The molecule has 0 fully saturated rings. The lowest BCUT2D eigenvalue weighted by Gasteiger charge is -2.17. The van der Waals surface area contributed by atoms with E-state index in [1.165, 1.54) is 0 Å². The standard InChI is InChI=1S/C23H15N3/c24-14-21(17-8-3-1-4-9-17)19-12-7-13-20(23(19)16-26)22(15-25)18-10-5-2-6-11-18/h1-13,21-22H. The van der Waals surface area contributed by atoms with Gasteiger partial charge in [0.15, 0.2) is 0 Å². The van der Waals surface area contributed by atoms with Crippen molar-refractivity contribution in [3.05, 3.63) is 107 Å². The molecule has 3 aromatic carbocycles. The summed E-state index contributed by atoms with van der Waals surface area (Å²) in [5.41, 5.74) is 3.33. The molecule has 0 aliphatic rings. The van der Waals surface area contributed by atoms with Crippen LogP contribution < -0.4 is 0 Å². The Labute approximate surface area is 153 Å². The molecule has 3 rings (SSSR count). The number of nitrogens with zero attached hydrogens (tertiary/aromatic N) is 3. The summed E-state index contributed by atoms with van der Waals surface area (Å²) in [5, 5.41) is 29.3. The summed E-state index contributed by atoms with van der Waals surface area (Å²) in [6.07, 6.45) is 0. The molecule has 3 aromatic rings. The lowest BCUT2D eigenvalue weighted by molar-refractivity contribution is 0.984. The molecule has 2 unspecified atom stereocenters. The van der Waals surface area contributed by atoms with Crippen molar-refractivity contribution in [2.24, 2.45) is 0 Å². The fourth-order valence-corrected chi connectivity index (χ4v) is 3.14. The van der Waals surface area contributed by atoms with Crippen molar-refractivity contribution in [1.82, 2.24) is 0 Å². The fourth-order valence-electron chi connectivity index (χ4n) is 3.14. The first-order chi connectivity index (χ1) is 12.8. The second kappa shape index (κ2) is 7.80. The second-order valence-corrected chi connectivity index (χ2v) is 5.87. The van der Waals surface area contributed by atoms with Crippen molar-refractivity contribution in [3.63, 3.8) is 0 Å². The minimum Gasteiger partial charge on any atom is -0.197 e. The first kappa shape index (κ1) is 17.0. The number of hydrogen-bond acceptors (Lipinski definition) is 3. The molecule has 3 heteroatoms. The predicted octanol–water partition coefficient (Wildman–Crippen LogP) is 4.87. The average Bonchev–Trinajstić information content (AvgIpc) is 2.71. The van der Waals surface area contributed by atoms with E-state index in [4.69, 9.17) is 0 Å². The highest BCUT2D eigenvalue weighted by Gasteiger charge is 2.23. The minimum absolute atomic E-state index is 0.401. The summed E-state index contributed by atoms with van der Waals surface area (Å²) in [6.45, 7) is 0. The van der Waals surface area contributed by atoms with Gasteiger partial charge < -0.3 is 0 Å². The summed E-state index contributed by atoms with van der Waals surface area (Å²) in [4.78, 5) is 0. The van der Waals surface area contributed by atoms with Gasteiger partial charge in [-0.25, -0.2) is 0 Å². The first-order valence-electron chi connectivity index (χ1n) is 8.22. The van der Waals surface area contributed by atoms with Crippen LogP contribution in [-0.4, -0.2) is 0 Å². The average molecular weight is 333 g/mol. The number of hydrogen-bond donors (Lipinski definition) is 0. The topological polar surface area (TPSA) is 71.4 Å². The van der Waals surface area contributed by atoms with Gasteiger partial charge in [0, 0.05) is 0 Å². The van der Waals surface area contributed by atoms with Crippen molar-refractivity contribution >= 4 is 0 Å². The summed E-state index contributed by atoms with van der Waals surface area (Å²) in [6, 6.07) is 31.0. The molecular formula is C23H15N3. The molecule has 0 saturated carbocycles. The van der Waals surface area contributed by atoms with Gasteiger partial charge in [-0.05, 0) is 22.3 Å². The summed E-state index contributed by atoms with van der Waals surface area (Å²) in [7, 11) is 0. The van der Waals surface area contributed by atoms with Crippen LogP contribution in [0.25, 0.3) is 0 Å². The molecule has 3 nitrogen and oxygen atoms in total. The second-order valence-electron chi connectivity index (χ2n) is 5.87. The van der Waals surface area contributed by atoms with Crippen LogP contribution in [0.1, 0.15) is 39.7 Å². The highest BCUT2D eigenvalue weighted by Crippen LogP contribution is 2.33. The van der Waals surface area contributed by atoms with E-state index in [-0.39, 0.29) is 0 Å². The maximum atomic E-state index is 9.81. The molecule has 0 amide bonds. The zero-order valence-electron chi connectivity index (χ0n) is 14.0. The molecular weight excluding hydrogens is 318 g/mol. The van der Waals surface area contributed by atoms with Gasteiger partial charge in [-0.1, -0.05) is 78.9 Å². The summed E-state index contributed by atoms with van der Waals surface area (Å²) in [5.74, 6) is -1.11. The minimum atomic E-state index is -0.555. The van der Waals surface area contributed by atoms with E-state index in [0.29, 0.717) is 16.7 Å². The van der Waals surface area contributed by atoms with E-state index in [2.05, 4.69) is 18.2 Å². The lowest BCUT2D eigenvalue weighted by Crippen LogP contribution is -2.07. The van der Waals surface area contributed by atoms with Crippen LogP contribution in [0.3, 0.4) is 0 Å². The molecule has 0 aromatic heterocycles. The Morgan fingerprint density at radius 1 is 0.538 bits per heavy atom. The Balaban J connectivity index is 2.16. The van der Waals surface area contributed by atoms with Crippen LogP contribution in [0.4, 0.5) is 0 Å². The summed E-state index contributed by atoms with van der Waals surface area (Å²) >= 11 is 0. The van der Waals surface area contributed by atoms with Crippen LogP contribution in [0.2, 0.25) is 0 Å². The van der Waals surface area contributed by atoms with E-state index in [0.717, 1.165) is 11.1 Å². The molecule has 122 valence electrons. The van der Waals surface area contributed by atoms with E-state index in [1.807, 2.05) is 66.7 Å². The van der Waals surface area contributed by atoms with E-state index in [9.17, 15) is 15.8 Å². The molecule has 0 spiro atoms. The molecule has 26 heavy (non-hydrogen) atoms. The van der Waals surface area contributed by atoms with Crippen LogP contribution in [-0.2, 0) is 0 Å². The highest BCUT2D eigenvalue weighted by molar-refractivity contribution is 5.55. The van der Waals surface area contributed by atoms with Crippen LogP contribution in [0, 0.1) is 34.0 Å². The van der Waals surface area contributed by atoms with Crippen LogP contribution in [0.5, 0.6) is 0 Å². The third kappa shape index (κ3) is 3.18. The third-order valence-electron chi connectivity index (χ3n) is 4.39. The third-order valence-corrected chi connectivity index (χ3v) is 4.39. The van der Waals surface area contributed by atoms with Crippen molar-refractivity contribution in [2.45, 2.75) is 11.8 Å². The number of rotatable bonds is 4. The Morgan fingerprint density at radius 3 is 1.31 bits per heavy atom. The predicted molar refractivity (Wildman–Crippen MR) is 99.0 cm³/mol. The lowest BCUT2D eigenvalue weighted by atomic mass is 9.83. The zero-order valence-corrected chi connectivity index (χ0v) is 14.0. The Morgan fingerprint density at radius 2 is 0.962 bits per heavy atom. The SMILES string of the molecule is N#Cc1c(C(C#N)c2ccccc2)cccc1C(C#N)c1ccccc1. The van der Waals surface area contributed by atoms with Gasteiger partial charge in [0.1, 0.15) is 0 Å². The van der Waals surface area contributed by atoms with Gasteiger partial charge in [0.05, 0.1) is 35.6 Å². The van der Waals surface area contributed by atoms with E-state index >= 15 is 0 Å². The van der Waals surface area contributed by atoms with Gasteiger partial charge >= 0.3 is 0 Å². The maximum absolute atomic E-state index is 9.81. The Hall–Kier alpha value is -3.87. The van der Waals surface area contributed by atoms with Crippen molar-refractivity contribution in [1.29, 1.82) is 15.8 Å². The maximum Gasteiger partial charge on any atom is 0.0998 e. The monoisotopic (exact) mass is 333 g/mol. The summed E-state index contributed by atoms with van der Waals surface area (Å²) < 4.78 is 0. The Kier molecular flexibility index (Phi) is 5.09. The zero-order chi connectivity index (χ0) is 18.4. The van der Waals surface area contributed by atoms with Crippen molar-refractivity contribution in [3.8, 4) is 18.2 Å². The van der Waals surface area contributed by atoms with Gasteiger partial charge in [-0.2, -0.15) is 15.8 Å². The quantitative estimate of drug-likeness (QED) is 0.684. The van der Waals surface area contributed by atoms with Crippen LogP contribution >= 0.6 is 0 Å². The number of benzene rings is 3. The van der Waals surface area contributed by atoms with Gasteiger partial charge in [-0.15, -0.1) is 0 Å².